The molecule has 0 spiro atoms. The zero-order valence-corrected chi connectivity index (χ0v) is 9.45. The van der Waals surface area contributed by atoms with E-state index in [9.17, 15) is 13.2 Å². The van der Waals surface area contributed by atoms with Crippen molar-refractivity contribution in [3.63, 3.8) is 0 Å². The van der Waals surface area contributed by atoms with Gasteiger partial charge in [0.2, 0.25) is 0 Å². The highest BCUT2D eigenvalue weighted by atomic mass is 35.5. The van der Waals surface area contributed by atoms with Gasteiger partial charge in [0.25, 0.3) is 0 Å². The van der Waals surface area contributed by atoms with Gasteiger partial charge in [0, 0.05) is 5.02 Å². The Morgan fingerprint density at radius 3 is 2.25 bits per heavy atom. The Balaban J connectivity index is 3.37. The first-order valence-corrected chi connectivity index (χ1v) is 4.85. The van der Waals surface area contributed by atoms with Gasteiger partial charge < -0.3 is 0 Å². The van der Waals surface area contributed by atoms with Crippen LogP contribution in [0.4, 0.5) is 13.2 Å². The van der Waals surface area contributed by atoms with Crippen LogP contribution >= 0.6 is 11.6 Å². The highest BCUT2D eigenvalue weighted by molar-refractivity contribution is 6.31. The van der Waals surface area contributed by atoms with E-state index in [0.29, 0.717) is 0 Å². The summed E-state index contributed by atoms with van der Waals surface area (Å²) < 4.78 is 37.4. The number of nitriles is 1. The molecule has 86 valence electrons. The first-order chi connectivity index (χ1) is 7.18. The van der Waals surface area contributed by atoms with E-state index in [0.717, 1.165) is 12.1 Å². The van der Waals surface area contributed by atoms with Crippen molar-refractivity contribution in [2.75, 3.05) is 0 Å². The van der Waals surface area contributed by atoms with Gasteiger partial charge in [0.05, 0.1) is 17.0 Å². The largest absolute Gasteiger partial charge is 0.416 e. The fourth-order valence-corrected chi connectivity index (χ4v) is 1.59. The minimum absolute atomic E-state index is 0.166. The van der Waals surface area contributed by atoms with Crippen LogP contribution in [-0.4, -0.2) is 0 Å². The molecule has 16 heavy (non-hydrogen) atoms. The molecule has 0 bridgehead atoms. The third-order valence-electron chi connectivity index (χ3n) is 2.25. The van der Waals surface area contributed by atoms with Crippen LogP contribution in [0.5, 0.6) is 0 Å². The molecule has 0 unspecified atom stereocenters. The van der Waals surface area contributed by atoms with Gasteiger partial charge in [-0.25, -0.2) is 0 Å². The quantitative estimate of drug-likeness (QED) is 0.731. The van der Waals surface area contributed by atoms with Crippen LogP contribution in [0.15, 0.2) is 18.2 Å². The first kappa shape index (κ1) is 12.9. The Morgan fingerprint density at radius 2 is 1.81 bits per heavy atom. The molecule has 0 atom stereocenters. The van der Waals surface area contributed by atoms with Crippen molar-refractivity contribution in [1.29, 1.82) is 5.26 Å². The van der Waals surface area contributed by atoms with E-state index in [2.05, 4.69) is 0 Å². The molecule has 0 aromatic heterocycles. The lowest BCUT2D eigenvalue weighted by Gasteiger charge is -2.19. The van der Waals surface area contributed by atoms with Gasteiger partial charge in [-0.3, -0.25) is 0 Å². The van der Waals surface area contributed by atoms with Crippen molar-refractivity contribution in [3.8, 4) is 6.07 Å². The Labute approximate surface area is 96.4 Å². The smallest absolute Gasteiger partial charge is 0.197 e. The molecule has 0 aliphatic carbocycles. The van der Waals surface area contributed by atoms with Crippen LogP contribution in [0.25, 0.3) is 0 Å². The number of nitrogens with zero attached hydrogens (tertiary/aromatic N) is 1. The predicted molar refractivity (Wildman–Crippen MR) is 55.1 cm³/mol. The summed E-state index contributed by atoms with van der Waals surface area (Å²) in [5.74, 6) is 0. The van der Waals surface area contributed by atoms with E-state index >= 15 is 0 Å². The number of hydrogen-bond donors (Lipinski definition) is 0. The average Bonchev–Trinajstić information content (AvgIpc) is 2.16. The molecule has 0 radical (unpaired) electrons. The molecule has 0 aliphatic rings. The third-order valence-corrected chi connectivity index (χ3v) is 2.58. The van der Waals surface area contributed by atoms with E-state index in [1.165, 1.54) is 19.9 Å². The van der Waals surface area contributed by atoms with E-state index in [-0.39, 0.29) is 10.6 Å². The second kappa shape index (κ2) is 3.99. The Hall–Kier alpha value is -1.21. The van der Waals surface area contributed by atoms with Crippen LogP contribution in [-0.2, 0) is 11.6 Å². The van der Waals surface area contributed by atoms with E-state index in [4.69, 9.17) is 16.9 Å². The van der Waals surface area contributed by atoms with Crippen molar-refractivity contribution >= 4 is 11.6 Å². The van der Waals surface area contributed by atoms with Gasteiger partial charge in [-0.1, -0.05) is 11.6 Å². The van der Waals surface area contributed by atoms with Gasteiger partial charge >= 0.3 is 6.18 Å². The van der Waals surface area contributed by atoms with Crippen LogP contribution in [0, 0.1) is 11.3 Å². The lowest BCUT2D eigenvalue weighted by molar-refractivity contribution is -0.137. The molecule has 5 heteroatoms. The molecule has 0 amide bonds. The predicted octanol–water partition coefficient (Wildman–Crippen LogP) is 4.16. The Kier molecular flexibility index (Phi) is 3.20. The van der Waals surface area contributed by atoms with Crippen LogP contribution in [0.3, 0.4) is 0 Å². The summed E-state index contributed by atoms with van der Waals surface area (Å²) in [5.41, 5.74) is -1.65. The minimum atomic E-state index is -4.43. The van der Waals surface area contributed by atoms with Crippen LogP contribution in [0.1, 0.15) is 25.0 Å². The van der Waals surface area contributed by atoms with Gasteiger partial charge in [-0.15, -0.1) is 0 Å². The molecular weight excluding hydrogens is 239 g/mol. The van der Waals surface area contributed by atoms with Gasteiger partial charge in [-0.05, 0) is 37.6 Å². The normalized spacial score (nSPS) is 12.3. The molecule has 1 aromatic carbocycles. The zero-order chi connectivity index (χ0) is 12.6. The molecule has 0 heterocycles. The maximum atomic E-state index is 12.5. The maximum Gasteiger partial charge on any atom is 0.416 e. The highest BCUT2D eigenvalue weighted by Crippen LogP contribution is 2.36. The first-order valence-electron chi connectivity index (χ1n) is 4.47. The number of halogens is 4. The fraction of sp³-hybridized carbons (Fsp3) is 0.364. The summed E-state index contributed by atoms with van der Waals surface area (Å²) in [4.78, 5) is 0. The fourth-order valence-electron chi connectivity index (χ4n) is 1.24. The SMILES string of the molecule is CC(C)(C#N)c1cc(C(F)(F)F)ccc1Cl. The number of alkyl halides is 3. The summed E-state index contributed by atoms with van der Waals surface area (Å²) in [6, 6.07) is 4.92. The van der Waals surface area contributed by atoms with Gasteiger partial charge in [0.1, 0.15) is 0 Å². The van der Waals surface area contributed by atoms with Gasteiger partial charge in [0.15, 0.2) is 0 Å². The van der Waals surface area contributed by atoms with Crippen molar-refractivity contribution in [2.45, 2.75) is 25.4 Å². The number of hydrogen-bond acceptors (Lipinski definition) is 1. The van der Waals surface area contributed by atoms with Crippen LogP contribution < -0.4 is 0 Å². The van der Waals surface area contributed by atoms with E-state index in [1.807, 2.05) is 6.07 Å². The zero-order valence-electron chi connectivity index (χ0n) is 8.69. The van der Waals surface area contributed by atoms with Crippen molar-refractivity contribution in [2.24, 2.45) is 0 Å². The number of benzene rings is 1. The molecule has 1 nitrogen and oxygen atoms in total. The van der Waals surface area contributed by atoms with E-state index < -0.39 is 17.2 Å². The summed E-state index contributed by atoms with van der Waals surface area (Å²) >= 11 is 5.79. The Bertz CT molecular complexity index is 444. The average molecular weight is 248 g/mol. The molecule has 1 aromatic rings. The lowest BCUT2D eigenvalue weighted by Crippen LogP contribution is -2.16. The second-order valence-electron chi connectivity index (χ2n) is 3.93. The molecule has 0 saturated carbocycles. The molecule has 0 N–H and O–H groups in total. The van der Waals surface area contributed by atoms with Crippen molar-refractivity contribution < 1.29 is 13.2 Å². The topological polar surface area (TPSA) is 23.8 Å². The molecule has 0 fully saturated rings. The minimum Gasteiger partial charge on any atom is -0.197 e. The maximum absolute atomic E-state index is 12.5. The van der Waals surface area contributed by atoms with E-state index in [1.54, 1.807) is 0 Å². The standard InChI is InChI=1S/C11H9ClF3N/c1-10(2,6-16)8-5-7(11(13,14)15)3-4-9(8)12/h3-5H,1-2H3. The second-order valence-corrected chi connectivity index (χ2v) is 4.34. The molecule has 0 saturated heterocycles. The summed E-state index contributed by atoms with van der Waals surface area (Å²) in [6.45, 7) is 3.04. The summed E-state index contributed by atoms with van der Waals surface area (Å²) in [7, 11) is 0. The third kappa shape index (κ3) is 2.48. The van der Waals surface area contributed by atoms with Crippen molar-refractivity contribution in [3.05, 3.63) is 34.3 Å². The molecular formula is C11H9ClF3N. The Morgan fingerprint density at radius 1 is 1.25 bits per heavy atom. The summed E-state index contributed by atoms with van der Waals surface area (Å²) in [6.07, 6.45) is -4.43. The molecule has 0 aliphatic heterocycles. The summed E-state index contributed by atoms with van der Waals surface area (Å²) in [5, 5.41) is 9.04. The monoisotopic (exact) mass is 247 g/mol. The van der Waals surface area contributed by atoms with Crippen molar-refractivity contribution in [1.82, 2.24) is 0 Å². The molecule has 1 rings (SSSR count). The van der Waals surface area contributed by atoms with Crippen LogP contribution in [0.2, 0.25) is 5.02 Å². The van der Waals surface area contributed by atoms with Gasteiger partial charge in [-0.2, -0.15) is 18.4 Å². The lowest BCUT2D eigenvalue weighted by atomic mass is 9.85. The highest BCUT2D eigenvalue weighted by Gasteiger charge is 2.33. The number of rotatable bonds is 1.